The number of esters is 1. The number of rotatable bonds is 8. The van der Waals surface area contributed by atoms with Gasteiger partial charge < -0.3 is 19.5 Å². The molecule has 0 aromatic heterocycles. The number of nitrogens with one attached hydrogen (secondary N) is 1. The highest BCUT2D eigenvalue weighted by molar-refractivity contribution is 5.81. The normalized spacial score (nSPS) is 19.8. The molecule has 1 aromatic rings. The summed E-state index contributed by atoms with van der Waals surface area (Å²) in [5.41, 5.74) is 0. The number of amides is 1. The average molecular weight is 349 g/mol. The highest BCUT2D eigenvalue weighted by Gasteiger charge is 2.20. The van der Waals surface area contributed by atoms with E-state index in [0.29, 0.717) is 12.4 Å². The van der Waals surface area contributed by atoms with Gasteiger partial charge in [0.25, 0.3) is 5.91 Å². The van der Waals surface area contributed by atoms with E-state index in [9.17, 15) is 9.59 Å². The summed E-state index contributed by atoms with van der Waals surface area (Å²) in [6, 6.07) is 7.16. The fourth-order valence-electron chi connectivity index (χ4n) is 2.80. The molecule has 6 heteroatoms. The Labute approximate surface area is 148 Å². The van der Waals surface area contributed by atoms with Crippen LogP contribution in [0.4, 0.5) is 0 Å². The van der Waals surface area contributed by atoms with Crippen LogP contribution in [0.2, 0.25) is 0 Å². The molecule has 0 atom stereocenters. The SMILES string of the molecule is CCOc1ccc(OCC(=O)OCC(=O)NC2CCC(C)CC2)cc1. The predicted octanol–water partition coefficient (Wildman–Crippen LogP) is 2.70. The molecule has 1 aromatic carbocycles. The number of benzene rings is 1. The molecule has 0 radical (unpaired) electrons. The molecule has 1 saturated carbocycles. The number of hydrogen-bond acceptors (Lipinski definition) is 5. The molecular formula is C19H27NO5. The standard InChI is InChI=1S/C19H27NO5/c1-3-23-16-8-10-17(11-9-16)24-13-19(22)25-12-18(21)20-15-6-4-14(2)5-7-15/h8-11,14-15H,3-7,12-13H2,1-2H3,(H,20,21). The van der Waals surface area contributed by atoms with E-state index in [0.717, 1.165) is 37.4 Å². The van der Waals surface area contributed by atoms with Gasteiger partial charge in [-0.05, 0) is 62.8 Å². The molecular weight excluding hydrogens is 322 g/mol. The molecule has 1 aliphatic rings. The van der Waals surface area contributed by atoms with Crippen molar-refractivity contribution < 1.29 is 23.8 Å². The van der Waals surface area contributed by atoms with Crippen LogP contribution in [0.1, 0.15) is 39.5 Å². The lowest BCUT2D eigenvalue weighted by Crippen LogP contribution is -2.39. The Morgan fingerprint density at radius 2 is 1.60 bits per heavy atom. The lowest BCUT2D eigenvalue weighted by molar-refractivity contribution is -0.150. The topological polar surface area (TPSA) is 73.9 Å². The van der Waals surface area contributed by atoms with Crippen LogP contribution in [0.5, 0.6) is 11.5 Å². The van der Waals surface area contributed by atoms with Crippen LogP contribution in [0.3, 0.4) is 0 Å². The zero-order valence-corrected chi connectivity index (χ0v) is 15.0. The molecule has 2 rings (SSSR count). The summed E-state index contributed by atoms with van der Waals surface area (Å²) in [5.74, 6) is 1.19. The first-order valence-corrected chi connectivity index (χ1v) is 8.87. The van der Waals surface area contributed by atoms with Gasteiger partial charge in [0.05, 0.1) is 6.61 Å². The van der Waals surface area contributed by atoms with Gasteiger partial charge in [0.2, 0.25) is 0 Å². The van der Waals surface area contributed by atoms with Crippen molar-refractivity contribution in [3.05, 3.63) is 24.3 Å². The zero-order valence-electron chi connectivity index (χ0n) is 15.0. The monoisotopic (exact) mass is 349 g/mol. The summed E-state index contributed by atoms with van der Waals surface area (Å²) >= 11 is 0. The summed E-state index contributed by atoms with van der Waals surface area (Å²) in [6.07, 6.45) is 4.23. The maximum atomic E-state index is 11.8. The van der Waals surface area contributed by atoms with Crippen LogP contribution in [-0.2, 0) is 14.3 Å². The Hall–Kier alpha value is -2.24. The van der Waals surface area contributed by atoms with Gasteiger partial charge >= 0.3 is 5.97 Å². The molecule has 1 N–H and O–H groups in total. The number of ether oxygens (including phenoxy) is 3. The Kier molecular flexibility index (Phi) is 7.57. The van der Waals surface area contributed by atoms with Crippen molar-refractivity contribution in [3.63, 3.8) is 0 Å². The summed E-state index contributed by atoms with van der Waals surface area (Å²) < 4.78 is 15.6. The Balaban J connectivity index is 1.62. The highest BCUT2D eigenvalue weighted by atomic mass is 16.6. The van der Waals surface area contributed by atoms with Gasteiger partial charge in [-0.1, -0.05) is 6.92 Å². The summed E-state index contributed by atoms with van der Waals surface area (Å²) in [4.78, 5) is 23.5. The van der Waals surface area contributed by atoms with Crippen LogP contribution >= 0.6 is 0 Å². The van der Waals surface area contributed by atoms with Crippen LogP contribution in [0.25, 0.3) is 0 Å². The van der Waals surface area contributed by atoms with E-state index in [4.69, 9.17) is 14.2 Å². The first-order chi connectivity index (χ1) is 12.1. The third-order valence-corrected chi connectivity index (χ3v) is 4.24. The molecule has 0 saturated heterocycles. The van der Waals surface area contributed by atoms with Crippen molar-refractivity contribution in [1.82, 2.24) is 5.32 Å². The minimum absolute atomic E-state index is 0.197. The van der Waals surface area contributed by atoms with E-state index in [1.807, 2.05) is 6.92 Å². The lowest BCUT2D eigenvalue weighted by Gasteiger charge is -2.26. The Morgan fingerprint density at radius 3 is 2.20 bits per heavy atom. The Bertz CT molecular complexity index is 549. The van der Waals surface area contributed by atoms with Gasteiger partial charge in [0.15, 0.2) is 13.2 Å². The van der Waals surface area contributed by atoms with Gasteiger partial charge in [-0.2, -0.15) is 0 Å². The molecule has 1 aliphatic carbocycles. The van der Waals surface area contributed by atoms with Gasteiger partial charge in [-0.3, -0.25) is 4.79 Å². The van der Waals surface area contributed by atoms with Gasteiger partial charge in [0, 0.05) is 6.04 Å². The average Bonchev–Trinajstić information content (AvgIpc) is 2.61. The summed E-state index contributed by atoms with van der Waals surface area (Å²) in [7, 11) is 0. The largest absolute Gasteiger partial charge is 0.494 e. The maximum absolute atomic E-state index is 11.8. The van der Waals surface area contributed by atoms with Crippen LogP contribution in [0, 0.1) is 5.92 Å². The molecule has 0 spiro atoms. The summed E-state index contributed by atoms with van der Waals surface area (Å²) in [5, 5.41) is 2.92. The summed E-state index contributed by atoms with van der Waals surface area (Å²) in [6.45, 7) is 4.23. The molecule has 138 valence electrons. The third-order valence-electron chi connectivity index (χ3n) is 4.24. The second-order valence-corrected chi connectivity index (χ2v) is 6.38. The van der Waals surface area contributed by atoms with E-state index >= 15 is 0 Å². The quantitative estimate of drug-likeness (QED) is 0.731. The molecule has 0 bridgehead atoms. The number of carbonyl (C=O) groups is 2. The second-order valence-electron chi connectivity index (χ2n) is 6.38. The van der Waals surface area contributed by atoms with Gasteiger partial charge in [-0.15, -0.1) is 0 Å². The van der Waals surface area contributed by atoms with Gasteiger partial charge in [-0.25, -0.2) is 4.79 Å². The Morgan fingerprint density at radius 1 is 1.00 bits per heavy atom. The van der Waals surface area contributed by atoms with E-state index in [1.165, 1.54) is 0 Å². The van der Waals surface area contributed by atoms with Crippen molar-refractivity contribution in [2.24, 2.45) is 5.92 Å². The molecule has 0 heterocycles. The molecule has 1 fully saturated rings. The first kappa shape index (κ1) is 19.1. The van der Waals surface area contributed by atoms with E-state index in [-0.39, 0.29) is 25.2 Å². The van der Waals surface area contributed by atoms with Crippen LogP contribution in [0.15, 0.2) is 24.3 Å². The second kappa shape index (κ2) is 9.91. The van der Waals surface area contributed by atoms with E-state index < -0.39 is 5.97 Å². The molecule has 6 nitrogen and oxygen atoms in total. The van der Waals surface area contributed by atoms with E-state index in [2.05, 4.69) is 12.2 Å². The van der Waals surface area contributed by atoms with E-state index in [1.54, 1.807) is 24.3 Å². The minimum atomic E-state index is -0.568. The van der Waals surface area contributed by atoms with Crippen LogP contribution in [-0.4, -0.2) is 37.7 Å². The predicted molar refractivity (Wildman–Crippen MR) is 93.6 cm³/mol. The smallest absolute Gasteiger partial charge is 0.344 e. The first-order valence-electron chi connectivity index (χ1n) is 8.87. The minimum Gasteiger partial charge on any atom is -0.494 e. The molecule has 0 aliphatic heterocycles. The maximum Gasteiger partial charge on any atom is 0.344 e. The molecule has 0 unspecified atom stereocenters. The zero-order chi connectivity index (χ0) is 18.1. The fourth-order valence-corrected chi connectivity index (χ4v) is 2.80. The number of carbonyl (C=O) groups excluding carboxylic acids is 2. The lowest BCUT2D eigenvalue weighted by atomic mass is 9.87. The van der Waals surface area contributed by atoms with Crippen LogP contribution < -0.4 is 14.8 Å². The third kappa shape index (κ3) is 7.03. The van der Waals surface area contributed by atoms with Crippen molar-refractivity contribution in [1.29, 1.82) is 0 Å². The van der Waals surface area contributed by atoms with Crippen molar-refractivity contribution >= 4 is 11.9 Å². The van der Waals surface area contributed by atoms with Crippen molar-refractivity contribution in [3.8, 4) is 11.5 Å². The number of hydrogen-bond donors (Lipinski definition) is 1. The van der Waals surface area contributed by atoms with Gasteiger partial charge in [0.1, 0.15) is 11.5 Å². The molecule has 1 amide bonds. The van der Waals surface area contributed by atoms with Crippen molar-refractivity contribution in [2.75, 3.05) is 19.8 Å². The molecule has 25 heavy (non-hydrogen) atoms. The van der Waals surface area contributed by atoms with Crippen molar-refractivity contribution in [2.45, 2.75) is 45.6 Å². The highest BCUT2D eigenvalue weighted by Crippen LogP contribution is 2.23. The fraction of sp³-hybridized carbons (Fsp3) is 0.579.